The lowest BCUT2D eigenvalue weighted by atomic mass is 9.97. The molecule has 1 saturated carbocycles. The number of alkyl halides is 3. The lowest BCUT2D eigenvalue weighted by Gasteiger charge is -2.20. The zero-order valence-electron chi connectivity index (χ0n) is 14.4. The second-order valence-corrected chi connectivity index (χ2v) is 6.51. The fourth-order valence-electron chi connectivity index (χ4n) is 3.30. The maximum absolute atomic E-state index is 12.9. The Hall–Kier alpha value is -2.39. The molecule has 1 aliphatic carbocycles. The third kappa shape index (κ3) is 4.23. The standard InChI is InChI=1S/C16H21F3N6O/c1-2-25-21-8-14(23-25)22-15(26)12(7-11-5-3-4-6-11)24-9-13(20-10-24)16(17,18)19/h8-12H,2-7H2,1H3,(H,22,23,26). The van der Waals surface area contributed by atoms with Crippen LogP contribution < -0.4 is 5.32 Å². The number of carbonyl (C=O) groups is 1. The van der Waals surface area contributed by atoms with E-state index in [1.165, 1.54) is 15.6 Å². The van der Waals surface area contributed by atoms with Crippen LogP contribution in [0.2, 0.25) is 0 Å². The Morgan fingerprint density at radius 3 is 2.69 bits per heavy atom. The van der Waals surface area contributed by atoms with Gasteiger partial charge in [-0.1, -0.05) is 25.7 Å². The van der Waals surface area contributed by atoms with Crippen molar-refractivity contribution in [2.75, 3.05) is 5.32 Å². The number of aromatic nitrogens is 5. The van der Waals surface area contributed by atoms with Crippen LogP contribution in [0.1, 0.15) is 50.8 Å². The highest BCUT2D eigenvalue weighted by Gasteiger charge is 2.35. The van der Waals surface area contributed by atoms with E-state index in [2.05, 4.69) is 20.5 Å². The van der Waals surface area contributed by atoms with E-state index in [-0.39, 0.29) is 5.82 Å². The van der Waals surface area contributed by atoms with Crippen molar-refractivity contribution in [3.8, 4) is 0 Å². The summed E-state index contributed by atoms with van der Waals surface area (Å²) in [4.78, 5) is 17.6. The predicted octanol–water partition coefficient (Wildman–Crippen LogP) is 3.27. The molecule has 1 unspecified atom stereocenters. The molecule has 0 bridgehead atoms. The van der Waals surface area contributed by atoms with Crippen LogP contribution in [0.3, 0.4) is 0 Å². The molecule has 142 valence electrons. The van der Waals surface area contributed by atoms with E-state index in [0.29, 0.717) is 18.9 Å². The number of imidazole rings is 1. The number of rotatable bonds is 6. The molecule has 0 aliphatic heterocycles. The zero-order chi connectivity index (χ0) is 18.7. The van der Waals surface area contributed by atoms with Crippen molar-refractivity contribution in [3.05, 3.63) is 24.4 Å². The molecule has 2 heterocycles. The highest BCUT2D eigenvalue weighted by atomic mass is 19.4. The van der Waals surface area contributed by atoms with Crippen molar-refractivity contribution in [3.63, 3.8) is 0 Å². The molecule has 2 aromatic rings. The first-order chi connectivity index (χ1) is 12.4. The Morgan fingerprint density at radius 1 is 1.38 bits per heavy atom. The van der Waals surface area contributed by atoms with E-state index in [0.717, 1.165) is 38.2 Å². The number of amides is 1. The quantitative estimate of drug-likeness (QED) is 0.847. The average Bonchev–Trinajstić information content (AvgIpc) is 3.32. The molecule has 0 aromatic carbocycles. The van der Waals surface area contributed by atoms with E-state index in [9.17, 15) is 18.0 Å². The number of carbonyl (C=O) groups excluding carboxylic acids is 1. The summed E-state index contributed by atoms with van der Waals surface area (Å²) in [7, 11) is 0. The van der Waals surface area contributed by atoms with Crippen molar-refractivity contribution in [2.24, 2.45) is 5.92 Å². The summed E-state index contributed by atoms with van der Waals surface area (Å²) in [5.74, 6) is 0.185. The van der Waals surface area contributed by atoms with E-state index in [4.69, 9.17) is 0 Å². The summed E-state index contributed by atoms with van der Waals surface area (Å²) >= 11 is 0. The van der Waals surface area contributed by atoms with Gasteiger partial charge in [-0.3, -0.25) is 4.79 Å². The molecule has 1 fully saturated rings. The molecule has 1 atom stereocenters. The molecule has 3 rings (SSSR count). The van der Waals surface area contributed by atoms with Crippen LogP contribution in [0.15, 0.2) is 18.7 Å². The van der Waals surface area contributed by atoms with Gasteiger partial charge in [0.15, 0.2) is 11.5 Å². The van der Waals surface area contributed by atoms with Crippen molar-refractivity contribution >= 4 is 11.7 Å². The summed E-state index contributed by atoms with van der Waals surface area (Å²) < 4.78 is 39.8. The van der Waals surface area contributed by atoms with Gasteiger partial charge in [-0.2, -0.15) is 23.1 Å². The van der Waals surface area contributed by atoms with Gasteiger partial charge in [0.2, 0.25) is 5.91 Å². The molecule has 0 radical (unpaired) electrons. The smallest absolute Gasteiger partial charge is 0.324 e. The van der Waals surface area contributed by atoms with Crippen LogP contribution in [0.4, 0.5) is 19.0 Å². The number of nitrogens with one attached hydrogen (secondary N) is 1. The number of halogens is 3. The monoisotopic (exact) mass is 370 g/mol. The van der Waals surface area contributed by atoms with Gasteiger partial charge in [0.1, 0.15) is 6.04 Å². The minimum Gasteiger partial charge on any atom is -0.324 e. The first-order valence-corrected chi connectivity index (χ1v) is 8.68. The molecular weight excluding hydrogens is 349 g/mol. The fraction of sp³-hybridized carbons (Fsp3) is 0.625. The van der Waals surface area contributed by atoms with Crippen LogP contribution in [0, 0.1) is 5.92 Å². The molecule has 26 heavy (non-hydrogen) atoms. The van der Waals surface area contributed by atoms with Gasteiger partial charge in [-0.25, -0.2) is 4.98 Å². The first kappa shape index (κ1) is 18.4. The number of nitrogens with zero attached hydrogens (tertiary/aromatic N) is 5. The van der Waals surface area contributed by atoms with E-state index in [1.54, 1.807) is 0 Å². The van der Waals surface area contributed by atoms with Crippen molar-refractivity contribution in [1.29, 1.82) is 0 Å². The van der Waals surface area contributed by atoms with E-state index >= 15 is 0 Å². The molecule has 10 heteroatoms. The zero-order valence-corrected chi connectivity index (χ0v) is 14.4. The lowest BCUT2D eigenvalue weighted by Crippen LogP contribution is -2.27. The van der Waals surface area contributed by atoms with Crippen LogP contribution in [-0.2, 0) is 17.5 Å². The van der Waals surface area contributed by atoms with Crippen molar-refractivity contribution in [2.45, 2.75) is 57.8 Å². The average molecular weight is 370 g/mol. The number of hydrogen-bond acceptors (Lipinski definition) is 4. The maximum atomic E-state index is 12.9. The SMILES string of the molecule is CCn1ncc(NC(=O)C(CC2CCCC2)n2cnc(C(F)(F)F)c2)n1. The van der Waals surface area contributed by atoms with Gasteiger partial charge in [-0.05, 0) is 19.3 Å². The molecule has 1 aliphatic rings. The summed E-state index contributed by atoms with van der Waals surface area (Å²) in [6.45, 7) is 2.41. The Morgan fingerprint density at radius 2 is 2.12 bits per heavy atom. The maximum Gasteiger partial charge on any atom is 0.434 e. The Kier molecular flexibility index (Phi) is 5.28. The van der Waals surface area contributed by atoms with Crippen molar-refractivity contribution < 1.29 is 18.0 Å². The second kappa shape index (κ2) is 7.46. The second-order valence-electron chi connectivity index (χ2n) is 6.51. The minimum atomic E-state index is -4.54. The topological polar surface area (TPSA) is 77.6 Å². The highest BCUT2D eigenvalue weighted by molar-refractivity contribution is 5.92. The Balaban J connectivity index is 1.79. The largest absolute Gasteiger partial charge is 0.434 e. The highest BCUT2D eigenvalue weighted by Crippen LogP contribution is 2.34. The molecule has 2 aromatic heterocycles. The molecule has 0 saturated heterocycles. The van der Waals surface area contributed by atoms with Gasteiger partial charge in [0, 0.05) is 6.20 Å². The summed E-state index contributed by atoms with van der Waals surface area (Å²) in [5, 5.41) is 10.7. The van der Waals surface area contributed by atoms with Gasteiger partial charge in [0.05, 0.1) is 19.1 Å². The molecule has 1 N–H and O–H groups in total. The number of anilines is 1. The van der Waals surface area contributed by atoms with Crippen LogP contribution in [0.25, 0.3) is 0 Å². The van der Waals surface area contributed by atoms with Gasteiger partial charge in [0.25, 0.3) is 0 Å². The minimum absolute atomic E-state index is 0.282. The fourth-order valence-corrected chi connectivity index (χ4v) is 3.30. The number of aryl methyl sites for hydroxylation is 1. The van der Waals surface area contributed by atoms with Gasteiger partial charge < -0.3 is 9.88 Å². The molecule has 7 nitrogen and oxygen atoms in total. The molecule has 1 amide bonds. The third-order valence-corrected chi connectivity index (χ3v) is 4.66. The Labute approximate surface area is 148 Å². The van der Waals surface area contributed by atoms with Gasteiger partial charge in [-0.15, -0.1) is 5.10 Å². The summed E-state index contributed by atoms with van der Waals surface area (Å²) in [5.41, 5.74) is -1.00. The number of hydrogen-bond donors (Lipinski definition) is 1. The summed E-state index contributed by atoms with van der Waals surface area (Å²) in [6.07, 6.45) is 3.46. The lowest BCUT2D eigenvalue weighted by molar-refractivity contribution is -0.141. The normalized spacial score (nSPS) is 16.8. The third-order valence-electron chi connectivity index (χ3n) is 4.66. The van der Waals surface area contributed by atoms with Crippen LogP contribution in [0.5, 0.6) is 0 Å². The van der Waals surface area contributed by atoms with E-state index < -0.39 is 23.8 Å². The molecule has 0 spiro atoms. The Bertz CT molecular complexity index is 747. The summed E-state index contributed by atoms with van der Waals surface area (Å²) in [6, 6.07) is -0.770. The van der Waals surface area contributed by atoms with Crippen molar-refractivity contribution in [1.82, 2.24) is 24.5 Å². The molecular formula is C16H21F3N6O. The van der Waals surface area contributed by atoms with Crippen LogP contribution >= 0.6 is 0 Å². The first-order valence-electron chi connectivity index (χ1n) is 8.68. The van der Waals surface area contributed by atoms with Crippen LogP contribution in [-0.4, -0.2) is 30.5 Å². The van der Waals surface area contributed by atoms with E-state index in [1.807, 2.05) is 6.92 Å². The predicted molar refractivity (Wildman–Crippen MR) is 87.2 cm³/mol. The van der Waals surface area contributed by atoms with Gasteiger partial charge >= 0.3 is 6.18 Å².